The predicted octanol–water partition coefficient (Wildman–Crippen LogP) is 3.62. The van der Waals surface area contributed by atoms with Crippen LogP contribution in [0, 0.1) is 6.92 Å². The van der Waals surface area contributed by atoms with Crippen LogP contribution in [-0.2, 0) is 4.79 Å². The summed E-state index contributed by atoms with van der Waals surface area (Å²) in [6, 6.07) is 15.1. The second-order valence-corrected chi connectivity index (χ2v) is 6.34. The molecule has 0 fully saturated rings. The van der Waals surface area contributed by atoms with Crippen molar-refractivity contribution in [2.75, 3.05) is 10.6 Å². The van der Waals surface area contributed by atoms with E-state index in [1.54, 1.807) is 24.3 Å². The van der Waals surface area contributed by atoms with Crippen LogP contribution in [0.25, 0.3) is 11.3 Å². The fourth-order valence-electron chi connectivity index (χ4n) is 2.43. The Kier molecular flexibility index (Phi) is 5.92. The Labute approximate surface area is 171 Å². The van der Waals surface area contributed by atoms with Crippen LogP contribution < -0.4 is 16.0 Å². The molecule has 0 saturated heterocycles. The number of aromatic nitrogens is 1. The van der Waals surface area contributed by atoms with Gasteiger partial charge in [-0.15, -0.1) is 0 Å². The van der Waals surface area contributed by atoms with Crippen molar-refractivity contribution in [3.05, 3.63) is 78.2 Å². The number of hydrogen-bond acceptors (Lipinski definition) is 5. The van der Waals surface area contributed by atoms with Crippen molar-refractivity contribution in [1.82, 2.24) is 10.5 Å². The maximum Gasteiger partial charge on any atom is 0.351 e. The number of carboxylic acid groups (broad SMARTS) is 1. The van der Waals surface area contributed by atoms with Gasteiger partial charge in [-0.2, -0.15) is 0 Å². The topological polar surface area (TPSA) is 134 Å². The van der Waals surface area contributed by atoms with Crippen molar-refractivity contribution in [2.24, 2.45) is 0 Å². The number of urea groups is 1. The highest BCUT2D eigenvalue weighted by Gasteiger charge is 2.17. The lowest BCUT2D eigenvalue weighted by Crippen LogP contribution is -2.26. The van der Waals surface area contributed by atoms with E-state index in [9.17, 15) is 14.4 Å². The van der Waals surface area contributed by atoms with E-state index in [0.29, 0.717) is 22.6 Å². The number of carbonyl (C=O) groups excluding carboxylic acids is 2. The van der Waals surface area contributed by atoms with Crippen LogP contribution in [0.3, 0.4) is 0 Å². The number of benzene rings is 2. The van der Waals surface area contributed by atoms with Gasteiger partial charge >= 0.3 is 12.0 Å². The van der Waals surface area contributed by atoms with E-state index in [-0.39, 0.29) is 11.8 Å². The average molecular weight is 406 g/mol. The smallest absolute Gasteiger partial charge is 0.351 e. The van der Waals surface area contributed by atoms with E-state index < -0.39 is 17.6 Å². The van der Waals surface area contributed by atoms with E-state index in [1.807, 2.05) is 31.2 Å². The van der Waals surface area contributed by atoms with E-state index in [1.165, 1.54) is 6.07 Å². The van der Waals surface area contributed by atoms with Crippen LogP contribution >= 0.6 is 0 Å². The minimum absolute atomic E-state index is 0.160. The molecule has 0 aliphatic carbocycles. The molecule has 9 nitrogen and oxygen atoms in total. The van der Waals surface area contributed by atoms with Crippen LogP contribution in [0.5, 0.6) is 0 Å². The Morgan fingerprint density at radius 2 is 1.53 bits per heavy atom. The highest BCUT2D eigenvalue weighted by atomic mass is 16.5. The zero-order valence-corrected chi connectivity index (χ0v) is 15.9. The molecule has 0 unspecified atom stereocenters. The van der Waals surface area contributed by atoms with Gasteiger partial charge in [0.15, 0.2) is 0 Å². The fraction of sp³-hybridized carbons (Fsp3) is 0.0476. The predicted molar refractivity (Wildman–Crippen MR) is 110 cm³/mol. The summed E-state index contributed by atoms with van der Waals surface area (Å²) in [5.74, 6) is -2.28. The van der Waals surface area contributed by atoms with Crippen LogP contribution in [0.1, 0.15) is 16.1 Å². The molecule has 0 aliphatic heterocycles. The zero-order valence-electron chi connectivity index (χ0n) is 15.9. The molecule has 2 aromatic carbocycles. The minimum atomic E-state index is -1.35. The largest absolute Gasteiger partial charge is 0.477 e. The Morgan fingerprint density at radius 1 is 0.967 bits per heavy atom. The van der Waals surface area contributed by atoms with Gasteiger partial charge in [0.25, 0.3) is 5.91 Å². The van der Waals surface area contributed by atoms with Crippen molar-refractivity contribution < 1.29 is 24.0 Å². The number of carbonyl (C=O) groups is 3. The molecular weight excluding hydrogens is 388 g/mol. The summed E-state index contributed by atoms with van der Waals surface area (Å²) in [5.41, 5.74) is 2.86. The number of aliphatic carboxylic acids is 1. The van der Waals surface area contributed by atoms with Crippen LogP contribution in [0.15, 0.2) is 71.4 Å². The van der Waals surface area contributed by atoms with Gasteiger partial charge in [-0.1, -0.05) is 41.6 Å². The van der Waals surface area contributed by atoms with Gasteiger partial charge in [0.2, 0.25) is 5.76 Å². The number of anilines is 2. The first kappa shape index (κ1) is 20.3. The van der Waals surface area contributed by atoms with Crippen molar-refractivity contribution >= 4 is 29.3 Å². The molecule has 3 rings (SSSR count). The van der Waals surface area contributed by atoms with Crippen molar-refractivity contribution in [3.8, 4) is 11.3 Å². The maximum absolute atomic E-state index is 12.1. The number of rotatable bonds is 6. The highest BCUT2D eigenvalue weighted by molar-refractivity contribution is 6.00. The molecular formula is C21H18N4O5. The number of amides is 3. The number of aryl methyl sites for hydroxylation is 1. The molecule has 0 bridgehead atoms. The van der Waals surface area contributed by atoms with Crippen molar-refractivity contribution in [1.29, 1.82) is 0 Å². The SMILES string of the molecule is C=C(NC(=O)c1cc(-c2ccc(NC(=O)Nc3ccc(C)cc3)cc2)no1)C(=O)O. The molecule has 0 radical (unpaired) electrons. The summed E-state index contributed by atoms with van der Waals surface area (Å²) in [4.78, 5) is 34.7. The van der Waals surface area contributed by atoms with Crippen LogP contribution in [0.2, 0.25) is 0 Å². The van der Waals surface area contributed by atoms with E-state index >= 15 is 0 Å². The Balaban J connectivity index is 1.61. The maximum atomic E-state index is 12.1. The number of carboxylic acids is 1. The van der Waals surface area contributed by atoms with Gasteiger partial charge in [-0.3, -0.25) is 4.79 Å². The van der Waals surface area contributed by atoms with Crippen molar-refractivity contribution in [2.45, 2.75) is 6.92 Å². The van der Waals surface area contributed by atoms with Gasteiger partial charge in [-0.05, 0) is 31.2 Å². The number of nitrogens with zero attached hydrogens (tertiary/aromatic N) is 1. The van der Waals surface area contributed by atoms with Gasteiger partial charge < -0.3 is 25.6 Å². The third-order valence-electron chi connectivity index (χ3n) is 4.00. The molecule has 0 saturated carbocycles. The first-order valence-electron chi connectivity index (χ1n) is 8.77. The van der Waals surface area contributed by atoms with Crippen LogP contribution in [-0.4, -0.2) is 28.2 Å². The lowest BCUT2D eigenvalue weighted by Gasteiger charge is -2.08. The average Bonchev–Trinajstić information content (AvgIpc) is 3.20. The molecule has 1 aromatic heterocycles. The molecule has 9 heteroatoms. The molecule has 30 heavy (non-hydrogen) atoms. The summed E-state index contributed by atoms with van der Waals surface area (Å²) in [6.07, 6.45) is 0. The second kappa shape index (κ2) is 8.74. The monoisotopic (exact) mass is 406 g/mol. The van der Waals surface area contributed by atoms with Crippen LogP contribution in [0.4, 0.5) is 16.2 Å². The summed E-state index contributed by atoms with van der Waals surface area (Å²) in [7, 11) is 0. The number of hydrogen-bond donors (Lipinski definition) is 4. The molecule has 4 N–H and O–H groups in total. The van der Waals surface area contributed by atoms with Gasteiger partial charge in [-0.25, -0.2) is 9.59 Å². The number of nitrogens with one attached hydrogen (secondary N) is 3. The highest BCUT2D eigenvalue weighted by Crippen LogP contribution is 2.21. The van der Waals surface area contributed by atoms with Gasteiger partial charge in [0, 0.05) is 23.0 Å². The third kappa shape index (κ3) is 5.10. The first-order chi connectivity index (χ1) is 14.3. The normalized spacial score (nSPS) is 10.2. The second-order valence-electron chi connectivity index (χ2n) is 6.34. The quantitative estimate of drug-likeness (QED) is 0.462. The summed E-state index contributed by atoms with van der Waals surface area (Å²) in [6.45, 7) is 5.18. The molecule has 1 heterocycles. The Bertz CT molecular complexity index is 1100. The minimum Gasteiger partial charge on any atom is -0.477 e. The van der Waals surface area contributed by atoms with Gasteiger partial charge in [0.05, 0.1) is 0 Å². The molecule has 0 spiro atoms. The summed E-state index contributed by atoms with van der Waals surface area (Å²) in [5, 5.41) is 20.1. The van der Waals surface area contributed by atoms with E-state index in [2.05, 4.69) is 27.7 Å². The zero-order chi connectivity index (χ0) is 21.7. The molecule has 0 aliphatic rings. The Hall–Kier alpha value is -4.40. The standard InChI is InChI=1S/C21H18N4O5/c1-12-3-7-15(8-4-12)23-21(29)24-16-9-5-14(6-10-16)17-11-18(30-25-17)19(26)22-13(2)20(27)28/h3-11H,2H2,1H3,(H,22,26)(H,27,28)(H2,23,24,29). The van der Waals surface area contributed by atoms with Crippen molar-refractivity contribution in [3.63, 3.8) is 0 Å². The lowest BCUT2D eigenvalue weighted by molar-refractivity contribution is -0.132. The van der Waals surface area contributed by atoms with Gasteiger partial charge in [0.1, 0.15) is 11.4 Å². The summed E-state index contributed by atoms with van der Waals surface area (Å²) >= 11 is 0. The van der Waals surface area contributed by atoms with E-state index in [0.717, 1.165) is 5.56 Å². The fourth-order valence-corrected chi connectivity index (χ4v) is 2.43. The lowest BCUT2D eigenvalue weighted by atomic mass is 10.1. The molecule has 3 amide bonds. The summed E-state index contributed by atoms with van der Waals surface area (Å²) < 4.78 is 4.96. The Morgan fingerprint density at radius 3 is 2.10 bits per heavy atom. The first-order valence-corrected chi connectivity index (χ1v) is 8.77. The molecule has 152 valence electrons. The molecule has 0 atom stereocenters. The van der Waals surface area contributed by atoms with E-state index in [4.69, 9.17) is 9.63 Å². The third-order valence-corrected chi connectivity index (χ3v) is 4.00. The molecule has 3 aromatic rings.